The van der Waals surface area contributed by atoms with E-state index in [9.17, 15) is 4.79 Å². The van der Waals surface area contributed by atoms with Gasteiger partial charge in [0.15, 0.2) is 0 Å². The molecule has 1 aromatic heterocycles. The monoisotopic (exact) mass is 367 g/mol. The normalized spacial score (nSPS) is 18.6. The van der Waals surface area contributed by atoms with Gasteiger partial charge >= 0.3 is 7.12 Å². The van der Waals surface area contributed by atoms with Crippen LogP contribution >= 0.6 is 0 Å². The highest BCUT2D eigenvalue weighted by Gasteiger charge is 2.52. The van der Waals surface area contributed by atoms with Crippen molar-refractivity contribution in [2.75, 3.05) is 6.54 Å². The van der Waals surface area contributed by atoms with Crippen molar-refractivity contribution in [1.29, 1.82) is 0 Å². The molecule has 2 N–H and O–H groups in total. The molecule has 0 bridgehead atoms. The van der Waals surface area contributed by atoms with E-state index in [0.717, 1.165) is 22.3 Å². The van der Waals surface area contributed by atoms with Gasteiger partial charge in [0.1, 0.15) is 0 Å². The number of aromatic amines is 1. The van der Waals surface area contributed by atoms with E-state index in [0.29, 0.717) is 6.54 Å². The Hall–Kier alpha value is -2.38. The maximum Gasteiger partial charge on any atom is 0.492 e. The van der Waals surface area contributed by atoms with E-state index in [4.69, 9.17) is 9.31 Å². The van der Waals surface area contributed by atoms with Gasteiger partial charge in [0.2, 0.25) is 5.91 Å². The van der Waals surface area contributed by atoms with E-state index in [1.165, 1.54) is 6.92 Å². The average Bonchev–Trinajstić information content (AvgIpc) is 3.14. The summed E-state index contributed by atoms with van der Waals surface area (Å²) < 4.78 is 12.4. The summed E-state index contributed by atoms with van der Waals surface area (Å²) in [6.07, 6.45) is 3.74. The SMILES string of the molecule is CC(=O)NCC(=Cc1cn[nH]c1-c1ccccc1)B1OC(C)(C)C(C)(C)O1. The molecule has 142 valence electrons. The van der Waals surface area contributed by atoms with E-state index >= 15 is 0 Å². The number of amides is 1. The number of aromatic nitrogens is 2. The fourth-order valence-electron chi connectivity index (χ4n) is 2.86. The highest BCUT2D eigenvalue weighted by Crippen LogP contribution is 2.39. The topological polar surface area (TPSA) is 76.2 Å². The number of nitrogens with zero attached hydrogens (tertiary/aromatic N) is 1. The molecule has 27 heavy (non-hydrogen) atoms. The van der Waals surface area contributed by atoms with Gasteiger partial charge in [-0.1, -0.05) is 36.4 Å². The molecule has 1 fully saturated rings. The van der Waals surface area contributed by atoms with Crippen molar-refractivity contribution in [3.8, 4) is 11.3 Å². The van der Waals surface area contributed by atoms with Gasteiger partial charge in [-0.3, -0.25) is 9.89 Å². The zero-order valence-corrected chi connectivity index (χ0v) is 16.5. The van der Waals surface area contributed by atoms with Crippen molar-refractivity contribution < 1.29 is 14.1 Å². The van der Waals surface area contributed by atoms with E-state index in [-0.39, 0.29) is 5.91 Å². The maximum atomic E-state index is 11.5. The zero-order valence-electron chi connectivity index (χ0n) is 16.5. The van der Waals surface area contributed by atoms with Crippen molar-refractivity contribution >= 4 is 19.1 Å². The van der Waals surface area contributed by atoms with Crippen molar-refractivity contribution in [2.24, 2.45) is 0 Å². The van der Waals surface area contributed by atoms with Gasteiger partial charge in [-0.2, -0.15) is 5.10 Å². The fraction of sp³-hybridized carbons (Fsp3) is 0.400. The number of H-pyrrole nitrogens is 1. The van der Waals surface area contributed by atoms with Gasteiger partial charge < -0.3 is 14.6 Å². The molecule has 0 unspecified atom stereocenters. The summed E-state index contributed by atoms with van der Waals surface area (Å²) in [5.41, 5.74) is 2.79. The molecule has 0 atom stereocenters. The van der Waals surface area contributed by atoms with Crippen molar-refractivity contribution in [1.82, 2.24) is 15.5 Å². The summed E-state index contributed by atoms with van der Waals surface area (Å²) in [7, 11) is -0.541. The van der Waals surface area contributed by atoms with E-state index < -0.39 is 18.3 Å². The molecule has 0 spiro atoms. The van der Waals surface area contributed by atoms with Crippen LogP contribution in [0.2, 0.25) is 0 Å². The lowest BCUT2D eigenvalue weighted by atomic mass is 9.77. The van der Waals surface area contributed by atoms with Gasteiger partial charge in [-0.05, 0) is 33.2 Å². The van der Waals surface area contributed by atoms with Gasteiger partial charge in [0, 0.05) is 24.6 Å². The van der Waals surface area contributed by atoms with Gasteiger partial charge in [0.25, 0.3) is 0 Å². The Morgan fingerprint density at radius 2 is 1.81 bits per heavy atom. The molecule has 1 amide bonds. The number of carbonyl (C=O) groups excluding carboxylic acids is 1. The standard InChI is InChI=1S/C20H26BN3O3/c1-14(25)22-13-17(21-26-19(2,3)20(4,5)27-21)11-16-12-23-24-18(16)15-9-7-6-8-10-15/h6-12H,13H2,1-5H3,(H,22,25)(H,23,24). The Morgan fingerprint density at radius 3 is 2.41 bits per heavy atom. The van der Waals surface area contributed by atoms with Crippen LogP contribution in [0.25, 0.3) is 17.3 Å². The van der Waals surface area contributed by atoms with Crippen LogP contribution in [0.4, 0.5) is 0 Å². The lowest BCUT2D eigenvalue weighted by Gasteiger charge is -2.32. The van der Waals surface area contributed by atoms with E-state index in [1.54, 1.807) is 6.20 Å². The van der Waals surface area contributed by atoms with Crippen molar-refractivity contribution in [3.63, 3.8) is 0 Å². The molecule has 1 saturated heterocycles. The number of benzene rings is 1. The first-order valence-corrected chi connectivity index (χ1v) is 9.09. The third kappa shape index (κ3) is 4.15. The molecule has 6 nitrogen and oxygen atoms in total. The van der Waals surface area contributed by atoms with Crippen LogP contribution in [0.1, 0.15) is 40.2 Å². The smallest absolute Gasteiger partial charge is 0.400 e. The minimum atomic E-state index is -0.541. The third-order valence-electron chi connectivity index (χ3n) is 5.17. The molecule has 0 aliphatic carbocycles. The number of hydrogen-bond donors (Lipinski definition) is 2. The predicted molar refractivity (Wildman–Crippen MR) is 107 cm³/mol. The first-order chi connectivity index (χ1) is 12.7. The molecule has 0 radical (unpaired) electrons. The summed E-state index contributed by atoms with van der Waals surface area (Å²) in [4.78, 5) is 11.5. The van der Waals surface area contributed by atoms with Gasteiger partial charge in [0.05, 0.1) is 23.1 Å². The predicted octanol–water partition coefficient (Wildman–Crippen LogP) is 3.23. The number of nitrogens with one attached hydrogen (secondary N) is 2. The molecule has 7 heteroatoms. The largest absolute Gasteiger partial charge is 0.492 e. The van der Waals surface area contributed by atoms with Crippen molar-refractivity contribution in [2.45, 2.75) is 45.8 Å². The molecule has 1 aromatic carbocycles. The van der Waals surface area contributed by atoms with Crippen molar-refractivity contribution in [3.05, 3.63) is 47.6 Å². The molecular formula is C20H26BN3O3. The highest BCUT2D eigenvalue weighted by molar-refractivity contribution is 6.56. The second-order valence-corrected chi connectivity index (χ2v) is 7.78. The number of hydrogen-bond acceptors (Lipinski definition) is 4. The summed E-state index contributed by atoms with van der Waals surface area (Å²) in [6, 6.07) is 9.98. The van der Waals surface area contributed by atoms with Crippen LogP contribution in [-0.4, -0.2) is 41.0 Å². The molecule has 2 aromatic rings. The second-order valence-electron chi connectivity index (χ2n) is 7.78. The first-order valence-electron chi connectivity index (χ1n) is 9.09. The summed E-state index contributed by atoms with van der Waals surface area (Å²) in [5, 5.41) is 10.1. The molecule has 3 rings (SSSR count). The summed E-state index contributed by atoms with van der Waals surface area (Å²) in [5.74, 6) is -0.104. The van der Waals surface area contributed by atoms with E-state index in [1.807, 2.05) is 64.1 Å². The minimum Gasteiger partial charge on any atom is -0.400 e. The second kappa shape index (κ2) is 7.33. The van der Waals surface area contributed by atoms with Gasteiger partial charge in [-0.25, -0.2) is 0 Å². The third-order valence-corrected chi connectivity index (χ3v) is 5.17. The lowest BCUT2D eigenvalue weighted by Crippen LogP contribution is -2.41. The van der Waals surface area contributed by atoms with E-state index in [2.05, 4.69) is 15.5 Å². The Kier molecular flexibility index (Phi) is 5.26. The molecule has 1 aliphatic rings. The molecule has 2 heterocycles. The Balaban J connectivity index is 1.95. The lowest BCUT2D eigenvalue weighted by molar-refractivity contribution is -0.118. The van der Waals surface area contributed by atoms with Gasteiger partial charge in [-0.15, -0.1) is 0 Å². The number of carbonyl (C=O) groups is 1. The van der Waals surface area contributed by atoms with Crippen LogP contribution in [0.3, 0.4) is 0 Å². The summed E-state index contributed by atoms with van der Waals surface area (Å²) in [6.45, 7) is 9.87. The molecular weight excluding hydrogens is 341 g/mol. The van der Waals surface area contributed by atoms with Crippen LogP contribution in [-0.2, 0) is 14.1 Å². The minimum absolute atomic E-state index is 0.104. The average molecular weight is 367 g/mol. The van der Waals surface area contributed by atoms with Crippen LogP contribution in [0.5, 0.6) is 0 Å². The van der Waals surface area contributed by atoms with Crippen LogP contribution in [0.15, 0.2) is 42.0 Å². The first kappa shape index (κ1) is 19.4. The quantitative estimate of drug-likeness (QED) is 0.796. The van der Waals surface area contributed by atoms with Crippen LogP contribution in [0, 0.1) is 0 Å². The zero-order chi connectivity index (χ0) is 19.7. The number of rotatable bonds is 5. The fourth-order valence-corrected chi connectivity index (χ4v) is 2.86. The Labute approximate surface area is 160 Å². The molecule has 1 aliphatic heterocycles. The Morgan fingerprint density at radius 1 is 1.19 bits per heavy atom. The van der Waals surface area contributed by atoms with Crippen LogP contribution < -0.4 is 5.32 Å². The summed E-state index contributed by atoms with van der Waals surface area (Å²) >= 11 is 0. The Bertz CT molecular complexity index is 827. The highest BCUT2D eigenvalue weighted by atomic mass is 16.7. The maximum absolute atomic E-state index is 11.5. The molecule has 0 saturated carbocycles.